The van der Waals surface area contributed by atoms with E-state index in [1.54, 1.807) is 6.08 Å². The molecule has 0 aromatic heterocycles. The van der Waals surface area contributed by atoms with Gasteiger partial charge in [-0.05, 0) is 50.3 Å². The van der Waals surface area contributed by atoms with Crippen molar-refractivity contribution >= 4 is 17.4 Å². The fourth-order valence-corrected chi connectivity index (χ4v) is 3.97. The van der Waals surface area contributed by atoms with Crippen LogP contribution in [0.4, 0.5) is 5.69 Å². The molecule has 6 nitrogen and oxygen atoms in total. The van der Waals surface area contributed by atoms with Crippen molar-refractivity contribution in [3.8, 4) is 0 Å². The van der Waals surface area contributed by atoms with E-state index in [4.69, 9.17) is 4.74 Å². The summed E-state index contributed by atoms with van der Waals surface area (Å²) in [6, 6.07) is 5.40. The van der Waals surface area contributed by atoms with Gasteiger partial charge in [-0.2, -0.15) is 0 Å². The Balaban J connectivity index is 1.85. The van der Waals surface area contributed by atoms with E-state index >= 15 is 0 Å². The number of non-ortho nitro benzene ring substituents is 1. The second kappa shape index (κ2) is 7.10. The van der Waals surface area contributed by atoms with Gasteiger partial charge in [0.05, 0.1) is 10.5 Å². The van der Waals surface area contributed by atoms with Crippen molar-refractivity contribution in [2.45, 2.75) is 45.6 Å². The van der Waals surface area contributed by atoms with Crippen molar-refractivity contribution in [2.24, 2.45) is 11.3 Å². The van der Waals surface area contributed by atoms with Crippen LogP contribution >= 0.6 is 0 Å². The summed E-state index contributed by atoms with van der Waals surface area (Å²) in [4.78, 5) is 34.8. The Hall–Kier alpha value is -2.76. The highest BCUT2D eigenvalue weighted by Crippen LogP contribution is 2.51. The highest BCUT2D eigenvalue weighted by molar-refractivity contribution is 5.92. The lowest BCUT2D eigenvalue weighted by atomic mass is 9.60. The number of rotatable bonds is 4. The first-order valence-corrected chi connectivity index (χ1v) is 9.05. The zero-order chi connectivity index (χ0) is 19.8. The van der Waals surface area contributed by atoms with Crippen LogP contribution in [0.25, 0.3) is 0 Å². The van der Waals surface area contributed by atoms with Crippen molar-refractivity contribution in [1.82, 2.24) is 0 Å². The summed E-state index contributed by atoms with van der Waals surface area (Å²) in [6.45, 7) is 8.04. The maximum Gasteiger partial charge on any atom is 0.338 e. The Bertz CT molecular complexity index is 839. The molecule has 3 atom stereocenters. The van der Waals surface area contributed by atoms with Gasteiger partial charge in [0.1, 0.15) is 6.10 Å². The molecular weight excluding hydrogens is 346 g/mol. The van der Waals surface area contributed by atoms with Crippen LogP contribution in [0.5, 0.6) is 0 Å². The summed E-state index contributed by atoms with van der Waals surface area (Å²) >= 11 is 0. The van der Waals surface area contributed by atoms with Gasteiger partial charge in [-0.1, -0.05) is 24.6 Å². The number of fused-ring (bicyclic) bond motifs is 1. The monoisotopic (exact) mass is 369 g/mol. The molecule has 0 bridgehead atoms. The Labute approximate surface area is 158 Å². The van der Waals surface area contributed by atoms with Crippen molar-refractivity contribution in [3.63, 3.8) is 0 Å². The number of hydrogen-bond acceptors (Lipinski definition) is 5. The number of allylic oxidation sites excluding steroid dienone is 2. The van der Waals surface area contributed by atoms with Gasteiger partial charge in [-0.15, -0.1) is 0 Å². The second-order valence-corrected chi connectivity index (χ2v) is 7.73. The molecule has 1 fully saturated rings. The van der Waals surface area contributed by atoms with Crippen molar-refractivity contribution < 1.29 is 19.2 Å². The topological polar surface area (TPSA) is 86.5 Å². The van der Waals surface area contributed by atoms with E-state index < -0.39 is 10.9 Å². The number of benzene rings is 1. The van der Waals surface area contributed by atoms with Gasteiger partial charge < -0.3 is 4.74 Å². The Morgan fingerprint density at radius 3 is 2.59 bits per heavy atom. The Morgan fingerprint density at radius 1 is 1.33 bits per heavy atom. The van der Waals surface area contributed by atoms with Crippen molar-refractivity contribution in [3.05, 3.63) is 63.7 Å². The molecule has 0 heterocycles. The Kier molecular flexibility index (Phi) is 5.00. The average Bonchev–Trinajstić information content (AvgIpc) is 2.62. The number of carbonyl (C=O) groups is 2. The molecule has 0 unspecified atom stereocenters. The van der Waals surface area contributed by atoms with Crippen LogP contribution in [0, 0.1) is 21.4 Å². The van der Waals surface area contributed by atoms with Crippen LogP contribution in [0.15, 0.2) is 48.1 Å². The zero-order valence-corrected chi connectivity index (χ0v) is 15.6. The van der Waals surface area contributed by atoms with Gasteiger partial charge in [0.15, 0.2) is 5.78 Å². The maximum atomic E-state index is 12.7. The summed E-state index contributed by atoms with van der Waals surface area (Å²) in [6.07, 6.45) is 3.88. The summed E-state index contributed by atoms with van der Waals surface area (Å²) in [7, 11) is 0. The third kappa shape index (κ3) is 3.70. The van der Waals surface area contributed by atoms with Gasteiger partial charge in [0.25, 0.3) is 5.69 Å². The van der Waals surface area contributed by atoms with Crippen LogP contribution in [0.1, 0.15) is 49.9 Å². The Morgan fingerprint density at radius 2 is 2.00 bits per heavy atom. The van der Waals surface area contributed by atoms with E-state index in [1.807, 2.05) is 13.8 Å². The smallest absolute Gasteiger partial charge is 0.338 e. The molecule has 3 rings (SSSR count). The van der Waals surface area contributed by atoms with E-state index in [0.29, 0.717) is 19.3 Å². The standard InChI is InChI=1S/C21H23NO5/c1-13(2)15-10-16-12-18(23)8-9-21(16,3)19(11-15)27-20(24)14-4-6-17(7-5-14)22(25)26/h4-7,12,15,19H,1,8-11H2,2-3H3/t15-,19+,21-/m1/s1. The molecule has 1 aromatic rings. The molecule has 2 aliphatic carbocycles. The molecule has 0 N–H and O–H groups in total. The summed E-state index contributed by atoms with van der Waals surface area (Å²) in [5.74, 6) is -0.232. The van der Waals surface area contributed by atoms with Crippen molar-refractivity contribution in [2.75, 3.05) is 0 Å². The van der Waals surface area contributed by atoms with Gasteiger partial charge in [-0.3, -0.25) is 14.9 Å². The predicted octanol–water partition coefficient (Wildman–Crippen LogP) is 4.40. The van der Waals surface area contributed by atoms with Gasteiger partial charge >= 0.3 is 5.97 Å². The van der Waals surface area contributed by atoms with Crippen LogP contribution in [-0.2, 0) is 9.53 Å². The zero-order valence-electron chi connectivity index (χ0n) is 15.6. The molecule has 142 valence electrons. The molecule has 1 saturated carbocycles. The minimum absolute atomic E-state index is 0.0745. The molecule has 0 saturated heterocycles. The van der Waals surface area contributed by atoms with Gasteiger partial charge in [-0.25, -0.2) is 4.79 Å². The third-order valence-electron chi connectivity index (χ3n) is 5.90. The molecule has 1 aromatic carbocycles. The second-order valence-electron chi connectivity index (χ2n) is 7.73. The molecule has 27 heavy (non-hydrogen) atoms. The number of esters is 1. The van der Waals surface area contributed by atoms with Gasteiger partial charge in [0, 0.05) is 24.0 Å². The lowest BCUT2D eigenvalue weighted by molar-refractivity contribution is -0.384. The van der Waals surface area contributed by atoms with E-state index in [9.17, 15) is 19.7 Å². The maximum absolute atomic E-state index is 12.7. The minimum Gasteiger partial charge on any atom is -0.458 e. The van der Waals surface area contributed by atoms with Crippen LogP contribution in [-0.4, -0.2) is 22.8 Å². The van der Waals surface area contributed by atoms with Crippen LogP contribution < -0.4 is 0 Å². The van der Waals surface area contributed by atoms with Crippen molar-refractivity contribution in [1.29, 1.82) is 0 Å². The normalized spacial score (nSPS) is 27.3. The number of nitro benzene ring substituents is 1. The third-order valence-corrected chi connectivity index (χ3v) is 5.90. The quantitative estimate of drug-likeness (QED) is 0.340. The molecule has 0 spiro atoms. The summed E-state index contributed by atoms with van der Waals surface area (Å²) in [5.41, 5.74) is 1.87. The van der Waals surface area contributed by atoms with Crippen LogP contribution in [0.2, 0.25) is 0 Å². The molecule has 6 heteroatoms. The largest absolute Gasteiger partial charge is 0.458 e. The molecule has 2 aliphatic rings. The highest BCUT2D eigenvalue weighted by Gasteiger charge is 2.47. The first-order chi connectivity index (χ1) is 12.7. The number of ether oxygens (including phenoxy) is 1. The number of carbonyl (C=O) groups excluding carboxylic acids is 2. The highest BCUT2D eigenvalue weighted by atomic mass is 16.6. The molecular formula is C21H23NO5. The fraction of sp³-hybridized carbons (Fsp3) is 0.429. The van der Waals surface area contributed by atoms with Gasteiger partial charge in [0.2, 0.25) is 0 Å². The SMILES string of the molecule is C=C(C)[C@@H]1CC2=CC(=O)CC[C@@]2(C)[C@@H](OC(=O)c2ccc([N+](=O)[O-])cc2)C1. The summed E-state index contributed by atoms with van der Waals surface area (Å²) < 4.78 is 5.86. The number of nitrogens with zero attached hydrogens (tertiary/aromatic N) is 1. The first kappa shape index (κ1) is 19.0. The average molecular weight is 369 g/mol. The molecule has 0 amide bonds. The van der Waals surface area contributed by atoms with E-state index in [2.05, 4.69) is 6.58 Å². The molecule has 0 aliphatic heterocycles. The number of nitro groups is 1. The van der Waals surface area contributed by atoms with E-state index in [-0.39, 0.29) is 34.5 Å². The number of ketones is 1. The fourth-order valence-electron chi connectivity index (χ4n) is 3.97. The predicted molar refractivity (Wildman–Crippen MR) is 100 cm³/mol. The minimum atomic E-state index is -0.509. The lowest BCUT2D eigenvalue weighted by Gasteiger charge is -2.47. The van der Waals surface area contributed by atoms with Crippen LogP contribution in [0.3, 0.4) is 0 Å². The number of hydrogen-bond donors (Lipinski definition) is 0. The molecule has 0 radical (unpaired) electrons. The van der Waals surface area contributed by atoms with E-state index in [0.717, 1.165) is 17.6 Å². The summed E-state index contributed by atoms with van der Waals surface area (Å²) in [5, 5.41) is 10.8. The van der Waals surface area contributed by atoms with E-state index in [1.165, 1.54) is 24.3 Å². The lowest BCUT2D eigenvalue weighted by Crippen LogP contribution is -2.45. The first-order valence-electron chi connectivity index (χ1n) is 9.05.